The number of alkyl halides is 3. The van der Waals surface area contributed by atoms with Gasteiger partial charge in [-0.15, -0.1) is 0 Å². The van der Waals surface area contributed by atoms with Crippen molar-refractivity contribution in [2.45, 2.75) is 6.18 Å². The maximum Gasteiger partial charge on any atom is 0.417 e. The van der Waals surface area contributed by atoms with Crippen molar-refractivity contribution < 1.29 is 13.2 Å². The summed E-state index contributed by atoms with van der Waals surface area (Å²) >= 11 is 5.92. The highest BCUT2D eigenvalue weighted by Crippen LogP contribution is 2.41. The number of H-pyrrole nitrogens is 1. The van der Waals surface area contributed by atoms with Gasteiger partial charge in [0.15, 0.2) is 0 Å². The normalized spacial score (nSPS) is 12.4. The van der Waals surface area contributed by atoms with E-state index in [-0.39, 0.29) is 19.8 Å². The third-order valence-electron chi connectivity index (χ3n) is 2.83. The molecule has 0 atom stereocenters. The number of benzene rings is 1. The molecular weight excluding hydrogens is 407 g/mol. The fraction of sp³-hybridized carbons (Fsp3) is 0.0909. The van der Waals surface area contributed by atoms with Crippen LogP contribution in [0.1, 0.15) is 5.56 Å². The van der Waals surface area contributed by atoms with Crippen molar-refractivity contribution in [3.8, 4) is 0 Å². The predicted octanol–water partition coefficient (Wildman–Crippen LogP) is 3.72. The highest BCUT2D eigenvalue weighted by atomic mass is 79.9. The Morgan fingerprint density at radius 3 is 2.60 bits per heavy atom. The van der Waals surface area contributed by atoms with Crippen molar-refractivity contribution in [2.24, 2.45) is 0 Å². The lowest BCUT2D eigenvalue weighted by Crippen LogP contribution is -2.14. The summed E-state index contributed by atoms with van der Waals surface area (Å²) in [6, 6.07) is 2.41. The number of fused-ring (bicyclic) bond motifs is 3. The maximum absolute atomic E-state index is 13.0. The minimum Gasteiger partial charge on any atom is -0.306 e. The van der Waals surface area contributed by atoms with Gasteiger partial charge in [0.25, 0.3) is 5.56 Å². The average Bonchev–Trinajstić information content (AvgIpc) is 2.79. The van der Waals surface area contributed by atoms with Crippen LogP contribution in [0.3, 0.4) is 0 Å². The van der Waals surface area contributed by atoms with Crippen LogP contribution in [0.15, 0.2) is 32.1 Å². The zero-order valence-electron chi connectivity index (χ0n) is 9.42. The smallest absolute Gasteiger partial charge is 0.306 e. The van der Waals surface area contributed by atoms with E-state index in [1.165, 1.54) is 16.8 Å². The number of hydrogen-bond donors (Lipinski definition) is 1. The molecule has 1 N–H and O–H groups in total. The number of rotatable bonds is 0. The van der Waals surface area contributed by atoms with Gasteiger partial charge in [0.2, 0.25) is 0 Å². The first-order chi connectivity index (χ1) is 9.30. The van der Waals surface area contributed by atoms with Crippen molar-refractivity contribution in [2.75, 3.05) is 0 Å². The molecule has 1 aromatic carbocycles. The lowest BCUT2D eigenvalue weighted by molar-refractivity contribution is -0.138. The van der Waals surface area contributed by atoms with Gasteiger partial charge in [-0.05, 0) is 37.9 Å². The van der Waals surface area contributed by atoms with E-state index >= 15 is 0 Å². The molecule has 0 spiro atoms. The largest absolute Gasteiger partial charge is 0.417 e. The topological polar surface area (TPSA) is 50.2 Å². The first-order valence-electron chi connectivity index (χ1n) is 5.25. The minimum atomic E-state index is -4.54. The van der Waals surface area contributed by atoms with Crippen LogP contribution < -0.4 is 5.56 Å². The Kier molecular flexibility index (Phi) is 2.94. The van der Waals surface area contributed by atoms with E-state index in [0.717, 1.165) is 6.07 Å². The number of nitrogens with zero attached hydrogens (tertiary/aromatic N) is 2. The molecule has 3 rings (SSSR count). The highest BCUT2D eigenvalue weighted by molar-refractivity contribution is 9.13. The Balaban J connectivity index is 2.61. The zero-order valence-corrected chi connectivity index (χ0v) is 12.6. The van der Waals surface area contributed by atoms with E-state index in [2.05, 4.69) is 41.9 Å². The van der Waals surface area contributed by atoms with Gasteiger partial charge in [0.05, 0.1) is 22.7 Å². The highest BCUT2D eigenvalue weighted by Gasteiger charge is 2.35. The van der Waals surface area contributed by atoms with Gasteiger partial charge in [0, 0.05) is 15.0 Å². The van der Waals surface area contributed by atoms with E-state index in [1.54, 1.807) is 0 Å². The summed E-state index contributed by atoms with van der Waals surface area (Å²) in [5.41, 5.74) is -0.963. The number of aromatic nitrogens is 3. The van der Waals surface area contributed by atoms with Crippen LogP contribution >= 0.6 is 31.9 Å². The number of halogens is 5. The van der Waals surface area contributed by atoms with E-state index in [9.17, 15) is 18.0 Å². The molecule has 20 heavy (non-hydrogen) atoms. The van der Waals surface area contributed by atoms with Crippen LogP contribution in [-0.4, -0.2) is 14.6 Å². The SMILES string of the molecule is O=c1[nH]c2ccnn2c2cc(C(F)(F)F)c(Br)c(Br)c12. The van der Waals surface area contributed by atoms with Crippen molar-refractivity contribution in [3.63, 3.8) is 0 Å². The second-order valence-corrected chi connectivity index (χ2v) is 5.61. The summed E-state index contributed by atoms with van der Waals surface area (Å²) in [4.78, 5) is 14.5. The summed E-state index contributed by atoms with van der Waals surface area (Å²) in [6.07, 6.45) is -3.15. The molecule has 0 unspecified atom stereocenters. The van der Waals surface area contributed by atoms with Crippen LogP contribution in [0.25, 0.3) is 16.6 Å². The molecule has 0 bridgehead atoms. The summed E-state index contributed by atoms with van der Waals surface area (Å²) < 4.78 is 40.1. The molecule has 104 valence electrons. The first kappa shape index (κ1) is 13.6. The average molecular weight is 411 g/mol. The summed E-state index contributed by atoms with van der Waals surface area (Å²) in [5.74, 6) is 0. The van der Waals surface area contributed by atoms with Crippen molar-refractivity contribution in [1.29, 1.82) is 0 Å². The Morgan fingerprint density at radius 1 is 1.25 bits per heavy atom. The Labute approximate surface area is 125 Å². The van der Waals surface area contributed by atoms with Crippen molar-refractivity contribution >= 4 is 48.4 Å². The van der Waals surface area contributed by atoms with Gasteiger partial charge in [0.1, 0.15) is 5.65 Å². The molecule has 2 aromatic heterocycles. The summed E-state index contributed by atoms with van der Waals surface area (Å²) in [5, 5.41) is 4.02. The second-order valence-electron chi connectivity index (χ2n) is 4.03. The Hall–Kier alpha value is -1.35. The zero-order chi connectivity index (χ0) is 14.7. The fourth-order valence-corrected chi connectivity index (χ4v) is 3.11. The molecule has 0 aliphatic rings. The van der Waals surface area contributed by atoms with Crippen molar-refractivity contribution in [1.82, 2.24) is 14.6 Å². The van der Waals surface area contributed by atoms with E-state index in [1.807, 2.05) is 0 Å². The lowest BCUT2D eigenvalue weighted by Gasteiger charge is -2.13. The molecule has 0 amide bonds. The third kappa shape index (κ3) is 1.87. The maximum atomic E-state index is 13.0. The molecule has 0 saturated carbocycles. The number of aromatic amines is 1. The van der Waals surface area contributed by atoms with Crippen LogP contribution in [0.2, 0.25) is 0 Å². The summed E-state index contributed by atoms with van der Waals surface area (Å²) in [6.45, 7) is 0. The molecule has 0 aliphatic carbocycles. The molecule has 0 aliphatic heterocycles. The van der Waals surface area contributed by atoms with E-state index in [4.69, 9.17) is 0 Å². The van der Waals surface area contributed by atoms with Crippen LogP contribution in [0.5, 0.6) is 0 Å². The van der Waals surface area contributed by atoms with Gasteiger partial charge < -0.3 is 4.98 Å². The Morgan fingerprint density at radius 2 is 1.95 bits per heavy atom. The Bertz CT molecular complexity index is 898. The molecule has 0 fully saturated rings. The predicted molar refractivity (Wildman–Crippen MR) is 73.7 cm³/mol. The number of hydrogen-bond acceptors (Lipinski definition) is 2. The lowest BCUT2D eigenvalue weighted by atomic mass is 10.1. The molecule has 4 nitrogen and oxygen atoms in total. The van der Waals surface area contributed by atoms with Crippen molar-refractivity contribution in [3.05, 3.63) is 43.2 Å². The third-order valence-corrected chi connectivity index (χ3v) is 4.98. The second kappa shape index (κ2) is 4.32. The van der Waals surface area contributed by atoms with E-state index in [0.29, 0.717) is 5.65 Å². The molecule has 0 saturated heterocycles. The molecular formula is C11H4Br2F3N3O. The molecule has 2 heterocycles. The van der Waals surface area contributed by atoms with Gasteiger partial charge in [-0.2, -0.15) is 18.3 Å². The summed E-state index contributed by atoms with van der Waals surface area (Å²) in [7, 11) is 0. The van der Waals surface area contributed by atoms with Gasteiger partial charge >= 0.3 is 6.18 Å². The minimum absolute atomic E-state index is 0.0426. The van der Waals surface area contributed by atoms with Crippen LogP contribution in [0, 0.1) is 0 Å². The van der Waals surface area contributed by atoms with Gasteiger partial charge in [-0.25, -0.2) is 4.52 Å². The standard InChI is InChI=1S/C11H4Br2F3N3O/c12-8-4(11(14,15)16)3-5-7(9(8)13)10(20)18-6-1-2-17-19(5)6/h1-3H,(H,18,20). The molecule has 0 radical (unpaired) electrons. The fourth-order valence-electron chi connectivity index (χ4n) is 1.97. The van der Waals surface area contributed by atoms with Crippen LogP contribution in [0.4, 0.5) is 13.2 Å². The number of nitrogens with one attached hydrogen (secondary N) is 1. The van der Waals surface area contributed by atoms with Crippen LogP contribution in [-0.2, 0) is 6.18 Å². The van der Waals surface area contributed by atoms with Gasteiger partial charge in [-0.3, -0.25) is 4.79 Å². The molecule has 9 heteroatoms. The molecule has 3 aromatic rings. The van der Waals surface area contributed by atoms with E-state index < -0.39 is 17.3 Å². The van der Waals surface area contributed by atoms with Gasteiger partial charge in [-0.1, -0.05) is 0 Å². The first-order valence-corrected chi connectivity index (χ1v) is 6.84. The quantitative estimate of drug-likeness (QED) is 0.614. The monoisotopic (exact) mass is 409 g/mol.